The molecule has 0 N–H and O–H groups in total. The highest BCUT2D eigenvalue weighted by molar-refractivity contribution is 7.99. The van der Waals surface area contributed by atoms with Crippen molar-refractivity contribution in [3.05, 3.63) is 29.8 Å². The number of benzene rings is 1. The van der Waals surface area contributed by atoms with Gasteiger partial charge in [-0.2, -0.15) is 0 Å². The summed E-state index contributed by atoms with van der Waals surface area (Å²) in [5.74, 6) is 0.806. The van der Waals surface area contributed by atoms with Gasteiger partial charge in [-0.15, -0.1) is 11.8 Å². The standard InChI is InChI=1S/C14H22O2S/c1-14(2,3)11-8-6-7-9-12(11)17-10-13(15-4)16-5/h6-9,13H,10H2,1-5H3. The van der Waals surface area contributed by atoms with Gasteiger partial charge in [0.15, 0.2) is 6.29 Å². The molecule has 0 aliphatic carbocycles. The lowest BCUT2D eigenvalue weighted by atomic mass is 9.87. The molecule has 0 fully saturated rings. The number of rotatable bonds is 5. The smallest absolute Gasteiger partial charge is 0.166 e. The number of thioether (sulfide) groups is 1. The Morgan fingerprint density at radius 3 is 2.24 bits per heavy atom. The highest BCUT2D eigenvalue weighted by Gasteiger charge is 2.18. The highest BCUT2D eigenvalue weighted by Crippen LogP contribution is 2.32. The van der Waals surface area contributed by atoms with E-state index in [-0.39, 0.29) is 11.7 Å². The van der Waals surface area contributed by atoms with Crippen LogP contribution >= 0.6 is 11.8 Å². The quantitative estimate of drug-likeness (QED) is 0.589. The molecule has 0 amide bonds. The zero-order valence-electron chi connectivity index (χ0n) is 11.3. The van der Waals surface area contributed by atoms with Crippen molar-refractivity contribution in [1.82, 2.24) is 0 Å². The fourth-order valence-electron chi connectivity index (χ4n) is 1.60. The van der Waals surface area contributed by atoms with Gasteiger partial charge in [0.2, 0.25) is 0 Å². The van der Waals surface area contributed by atoms with Gasteiger partial charge in [-0.3, -0.25) is 0 Å². The first-order chi connectivity index (χ1) is 7.99. The Balaban J connectivity index is 2.77. The summed E-state index contributed by atoms with van der Waals surface area (Å²) < 4.78 is 10.4. The van der Waals surface area contributed by atoms with Crippen molar-refractivity contribution in [3.8, 4) is 0 Å². The van der Waals surface area contributed by atoms with Crippen LogP contribution in [0.3, 0.4) is 0 Å². The van der Waals surface area contributed by atoms with E-state index in [0.717, 1.165) is 5.75 Å². The molecule has 0 saturated heterocycles. The Hall–Kier alpha value is -0.510. The van der Waals surface area contributed by atoms with Gasteiger partial charge in [-0.25, -0.2) is 0 Å². The lowest BCUT2D eigenvalue weighted by molar-refractivity contribution is -0.0842. The molecule has 0 unspecified atom stereocenters. The van der Waals surface area contributed by atoms with Gasteiger partial charge >= 0.3 is 0 Å². The maximum atomic E-state index is 5.20. The molecular weight excluding hydrogens is 232 g/mol. The molecule has 0 aliphatic heterocycles. The molecule has 0 aromatic heterocycles. The molecule has 0 heterocycles. The molecule has 3 heteroatoms. The first-order valence-electron chi connectivity index (χ1n) is 5.77. The summed E-state index contributed by atoms with van der Waals surface area (Å²) in [5.41, 5.74) is 1.54. The average Bonchev–Trinajstić information content (AvgIpc) is 2.29. The average molecular weight is 254 g/mol. The molecule has 1 aromatic rings. The van der Waals surface area contributed by atoms with E-state index in [4.69, 9.17) is 9.47 Å². The highest BCUT2D eigenvalue weighted by atomic mass is 32.2. The second kappa shape index (κ2) is 6.43. The molecule has 96 valence electrons. The number of hydrogen-bond acceptors (Lipinski definition) is 3. The van der Waals surface area contributed by atoms with Gasteiger partial charge in [-0.1, -0.05) is 39.0 Å². The fraction of sp³-hybridized carbons (Fsp3) is 0.571. The maximum Gasteiger partial charge on any atom is 0.166 e. The number of methoxy groups -OCH3 is 2. The third-order valence-electron chi connectivity index (χ3n) is 2.60. The lowest BCUT2D eigenvalue weighted by Gasteiger charge is -2.23. The lowest BCUT2D eigenvalue weighted by Crippen LogP contribution is -2.17. The Bertz CT molecular complexity index is 340. The molecule has 0 radical (unpaired) electrons. The van der Waals surface area contributed by atoms with E-state index < -0.39 is 0 Å². The van der Waals surface area contributed by atoms with Gasteiger partial charge in [0, 0.05) is 24.9 Å². The zero-order chi connectivity index (χ0) is 12.9. The van der Waals surface area contributed by atoms with Crippen LogP contribution in [-0.4, -0.2) is 26.3 Å². The first-order valence-corrected chi connectivity index (χ1v) is 6.75. The molecule has 0 saturated carbocycles. The van der Waals surface area contributed by atoms with E-state index in [1.54, 1.807) is 26.0 Å². The summed E-state index contributed by atoms with van der Waals surface area (Å²) in [6.07, 6.45) is -0.145. The van der Waals surface area contributed by atoms with E-state index in [9.17, 15) is 0 Å². The van der Waals surface area contributed by atoms with Crippen LogP contribution in [0.25, 0.3) is 0 Å². The summed E-state index contributed by atoms with van der Waals surface area (Å²) in [5, 5.41) is 0. The van der Waals surface area contributed by atoms with Gasteiger partial charge < -0.3 is 9.47 Å². The maximum absolute atomic E-state index is 5.20. The zero-order valence-corrected chi connectivity index (χ0v) is 12.1. The topological polar surface area (TPSA) is 18.5 Å². The summed E-state index contributed by atoms with van der Waals surface area (Å²) >= 11 is 1.78. The minimum Gasteiger partial charge on any atom is -0.355 e. The van der Waals surface area contributed by atoms with E-state index in [1.165, 1.54) is 10.5 Å². The number of ether oxygens (including phenoxy) is 2. The predicted molar refractivity (Wildman–Crippen MR) is 73.7 cm³/mol. The summed E-state index contributed by atoms with van der Waals surface area (Å²) in [7, 11) is 3.34. The first kappa shape index (κ1) is 14.6. The normalized spacial score (nSPS) is 12.1. The molecule has 0 spiro atoms. The van der Waals surface area contributed by atoms with Crippen LogP contribution < -0.4 is 0 Å². The summed E-state index contributed by atoms with van der Waals surface area (Å²) in [6.45, 7) is 6.70. The third kappa shape index (κ3) is 4.34. The molecule has 17 heavy (non-hydrogen) atoms. The molecule has 2 nitrogen and oxygen atoms in total. The Kier molecular flexibility index (Phi) is 5.50. The molecule has 1 rings (SSSR count). The minimum atomic E-state index is -0.145. The number of hydrogen-bond donors (Lipinski definition) is 0. The van der Waals surface area contributed by atoms with E-state index in [1.807, 2.05) is 0 Å². The summed E-state index contributed by atoms with van der Waals surface area (Å²) in [4.78, 5) is 1.30. The van der Waals surface area contributed by atoms with E-state index in [2.05, 4.69) is 45.0 Å². The Morgan fingerprint density at radius 2 is 1.71 bits per heavy atom. The van der Waals surface area contributed by atoms with Gasteiger partial charge in [0.05, 0.1) is 0 Å². The van der Waals surface area contributed by atoms with Crippen molar-refractivity contribution in [3.63, 3.8) is 0 Å². The molecular formula is C14H22O2S. The van der Waals surface area contributed by atoms with Crippen molar-refractivity contribution in [2.24, 2.45) is 0 Å². The largest absolute Gasteiger partial charge is 0.355 e. The Labute approximate surface area is 109 Å². The van der Waals surface area contributed by atoms with Crippen LogP contribution in [-0.2, 0) is 14.9 Å². The minimum absolute atomic E-state index is 0.145. The second-order valence-corrected chi connectivity index (χ2v) is 6.02. The monoisotopic (exact) mass is 254 g/mol. The van der Waals surface area contributed by atoms with Crippen LogP contribution in [0, 0.1) is 0 Å². The molecule has 0 atom stereocenters. The third-order valence-corrected chi connectivity index (χ3v) is 3.70. The fourth-order valence-corrected chi connectivity index (χ4v) is 2.89. The van der Waals surface area contributed by atoms with E-state index >= 15 is 0 Å². The molecule has 0 bridgehead atoms. The van der Waals surface area contributed by atoms with Crippen molar-refractivity contribution in [2.45, 2.75) is 37.4 Å². The van der Waals surface area contributed by atoms with Crippen LogP contribution in [0.5, 0.6) is 0 Å². The van der Waals surface area contributed by atoms with Crippen LogP contribution in [0.4, 0.5) is 0 Å². The second-order valence-electron chi connectivity index (χ2n) is 4.96. The van der Waals surface area contributed by atoms with Gasteiger partial charge in [-0.05, 0) is 17.0 Å². The van der Waals surface area contributed by atoms with Crippen molar-refractivity contribution in [2.75, 3.05) is 20.0 Å². The van der Waals surface area contributed by atoms with E-state index in [0.29, 0.717) is 0 Å². The summed E-state index contributed by atoms with van der Waals surface area (Å²) in [6, 6.07) is 8.52. The molecule has 0 aliphatic rings. The molecule has 1 aromatic carbocycles. The van der Waals surface area contributed by atoms with Crippen molar-refractivity contribution < 1.29 is 9.47 Å². The Morgan fingerprint density at radius 1 is 1.12 bits per heavy atom. The van der Waals surface area contributed by atoms with Crippen molar-refractivity contribution >= 4 is 11.8 Å². The SMILES string of the molecule is COC(CSc1ccccc1C(C)(C)C)OC. The van der Waals surface area contributed by atoms with Gasteiger partial charge in [0.1, 0.15) is 0 Å². The van der Waals surface area contributed by atoms with Crippen LogP contribution in [0.2, 0.25) is 0 Å². The predicted octanol–water partition coefficient (Wildman–Crippen LogP) is 3.70. The van der Waals surface area contributed by atoms with Crippen molar-refractivity contribution in [1.29, 1.82) is 0 Å². The van der Waals surface area contributed by atoms with Gasteiger partial charge in [0.25, 0.3) is 0 Å². The van der Waals surface area contributed by atoms with Crippen LogP contribution in [0.1, 0.15) is 26.3 Å². The van der Waals surface area contributed by atoms with Crippen LogP contribution in [0.15, 0.2) is 29.2 Å².